The maximum Gasteiger partial charge on any atom is 0.187 e. The van der Waals surface area contributed by atoms with Crippen molar-refractivity contribution in [3.8, 4) is 0 Å². The SMILES string of the molecule is OCC1O[C@H]2OC[C@@H](O)[C@]1(O)[C@@H]2O. The number of hydrogen-bond donors (Lipinski definition) is 4. The minimum absolute atomic E-state index is 0.102. The highest BCUT2D eigenvalue weighted by atomic mass is 16.7. The summed E-state index contributed by atoms with van der Waals surface area (Å²) in [6, 6.07) is 0. The molecule has 13 heavy (non-hydrogen) atoms. The zero-order valence-corrected chi connectivity index (χ0v) is 6.83. The van der Waals surface area contributed by atoms with Gasteiger partial charge in [0.25, 0.3) is 0 Å². The van der Waals surface area contributed by atoms with Crippen molar-refractivity contribution in [1.82, 2.24) is 0 Å². The summed E-state index contributed by atoms with van der Waals surface area (Å²) >= 11 is 0. The molecule has 0 saturated carbocycles. The fraction of sp³-hybridized carbons (Fsp3) is 1.00. The third-order valence-electron chi connectivity index (χ3n) is 2.66. The van der Waals surface area contributed by atoms with E-state index in [1.807, 2.05) is 0 Å². The average Bonchev–Trinajstić information content (AvgIpc) is 2.28. The van der Waals surface area contributed by atoms with Crippen LogP contribution in [0.25, 0.3) is 0 Å². The Morgan fingerprint density at radius 3 is 2.69 bits per heavy atom. The van der Waals surface area contributed by atoms with Crippen molar-refractivity contribution in [3.63, 3.8) is 0 Å². The van der Waals surface area contributed by atoms with Gasteiger partial charge in [0.15, 0.2) is 11.9 Å². The molecule has 0 radical (unpaired) electrons. The monoisotopic (exact) mass is 192 g/mol. The van der Waals surface area contributed by atoms with E-state index in [-0.39, 0.29) is 6.61 Å². The van der Waals surface area contributed by atoms with Crippen LogP contribution < -0.4 is 0 Å². The molecule has 1 unspecified atom stereocenters. The van der Waals surface area contributed by atoms with Crippen molar-refractivity contribution < 1.29 is 29.9 Å². The van der Waals surface area contributed by atoms with Gasteiger partial charge in [-0.3, -0.25) is 0 Å². The number of ether oxygens (including phenoxy) is 2. The standard InChI is InChI=1S/C7H12O6/c8-1-4-7(11)3(9)2-12-6(13-4)5(7)10/h3-6,8-11H,1-2H2/t3-,4?,5-,6-,7-/m1/s1. The Kier molecular flexibility index (Phi) is 2.06. The zero-order valence-electron chi connectivity index (χ0n) is 6.83. The minimum Gasteiger partial charge on any atom is -0.394 e. The van der Waals surface area contributed by atoms with E-state index in [9.17, 15) is 15.3 Å². The molecule has 2 fully saturated rings. The Balaban J connectivity index is 2.30. The van der Waals surface area contributed by atoms with Gasteiger partial charge in [-0.25, -0.2) is 0 Å². The molecule has 5 atom stereocenters. The molecule has 2 aliphatic rings. The molecule has 2 bridgehead atoms. The molecule has 6 heteroatoms. The number of rotatable bonds is 1. The van der Waals surface area contributed by atoms with Crippen LogP contribution in [-0.2, 0) is 9.47 Å². The molecule has 0 aromatic heterocycles. The fourth-order valence-corrected chi connectivity index (χ4v) is 1.80. The van der Waals surface area contributed by atoms with E-state index in [1.54, 1.807) is 0 Å². The molecule has 6 nitrogen and oxygen atoms in total. The van der Waals surface area contributed by atoms with E-state index >= 15 is 0 Å². The maximum absolute atomic E-state index is 9.85. The van der Waals surface area contributed by atoms with Crippen molar-refractivity contribution in [3.05, 3.63) is 0 Å². The van der Waals surface area contributed by atoms with Crippen LogP contribution in [0.5, 0.6) is 0 Å². The molecule has 76 valence electrons. The molecule has 0 amide bonds. The summed E-state index contributed by atoms with van der Waals surface area (Å²) in [6.07, 6.45) is -4.50. The number of fused-ring (bicyclic) bond motifs is 2. The van der Waals surface area contributed by atoms with Crippen molar-refractivity contribution in [2.24, 2.45) is 0 Å². The summed E-state index contributed by atoms with van der Waals surface area (Å²) in [6.45, 7) is -0.570. The molecule has 0 aromatic carbocycles. The molecule has 0 aromatic rings. The van der Waals surface area contributed by atoms with Crippen LogP contribution >= 0.6 is 0 Å². The van der Waals surface area contributed by atoms with Gasteiger partial charge in [0.2, 0.25) is 0 Å². The lowest BCUT2D eigenvalue weighted by Crippen LogP contribution is -2.62. The smallest absolute Gasteiger partial charge is 0.187 e. The number of hydrogen-bond acceptors (Lipinski definition) is 6. The normalized spacial score (nSPS) is 55.4. The maximum atomic E-state index is 9.85. The Bertz CT molecular complexity index is 209. The van der Waals surface area contributed by atoms with Crippen LogP contribution in [0.2, 0.25) is 0 Å². The second-order valence-electron chi connectivity index (χ2n) is 3.36. The molecule has 2 aliphatic heterocycles. The van der Waals surface area contributed by atoms with Crippen molar-refractivity contribution in [2.75, 3.05) is 13.2 Å². The molecular weight excluding hydrogens is 180 g/mol. The zero-order chi connectivity index (χ0) is 9.64. The van der Waals surface area contributed by atoms with Crippen LogP contribution in [0.1, 0.15) is 0 Å². The first-order valence-electron chi connectivity index (χ1n) is 4.07. The molecule has 2 rings (SSSR count). The average molecular weight is 192 g/mol. The van der Waals surface area contributed by atoms with E-state index in [0.717, 1.165) is 0 Å². The van der Waals surface area contributed by atoms with Gasteiger partial charge < -0.3 is 29.9 Å². The predicted octanol–water partition coefficient (Wildman–Crippen LogP) is -2.81. The number of aliphatic hydroxyl groups excluding tert-OH is 3. The molecule has 2 heterocycles. The Hall–Kier alpha value is -0.240. The Labute approximate surface area is 74.3 Å². The summed E-state index contributed by atoms with van der Waals surface area (Å²) in [7, 11) is 0. The number of aliphatic hydroxyl groups is 4. The first-order chi connectivity index (χ1) is 6.10. The van der Waals surface area contributed by atoms with Gasteiger partial charge >= 0.3 is 0 Å². The second-order valence-corrected chi connectivity index (χ2v) is 3.36. The van der Waals surface area contributed by atoms with Crippen LogP contribution in [0, 0.1) is 0 Å². The summed E-state index contributed by atoms with van der Waals surface area (Å²) < 4.78 is 9.89. The van der Waals surface area contributed by atoms with Crippen LogP contribution in [0.4, 0.5) is 0 Å². The van der Waals surface area contributed by atoms with Gasteiger partial charge in [0, 0.05) is 0 Å². The molecule has 4 N–H and O–H groups in total. The summed E-state index contributed by atoms with van der Waals surface area (Å²) in [5.74, 6) is 0. The fourth-order valence-electron chi connectivity index (χ4n) is 1.80. The van der Waals surface area contributed by atoms with Crippen LogP contribution in [0.15, 0.2) is 0 Å². The van der Waals surface area contributed by atoms with E-state index in [1.165, 1.54) is 0 Å². The van der Waals surface area contributed by atoms with Crippen LogP contribution in [-0.4, -0.2) is 63.8 Å². The lowest BCUT2D eigenvalue weighted by atomic mass is 9.85. The highest BCUT2D eigenvalue weighted by Crippen LogP contribution is 2.38. The highest BCUT2D eigenvalue weighted by molar-refractivity contribution is 5.08. The van der Waals surface area contributed by atoms with E-state index in [2.05, 4.69) is 0 Å². The van der Waals surface area contributed by atoms with E-state index in [0.29, 0.717) is 0 Å². The lowest BCUT2D eigenvalue weighted by Gasteiger charge is -2.37. The molecule has 0 aliphatic carbocycles. The van der Waals surface area contributed by atoms with Crippen molar-refractivity contribution >= 4 is 0 Å². The third kappa shape index (κ3) is 1.04. The summed E-state index contributed by atoms with van der Waals surface area (Å²) in [4.78, 5) is 0. The highest BCUT2D eigenvalue weighted by Gasteiger charge is 2.62. The molecule has 2 saturated heterocycles. The third-order valence-corrected chi connectivity index (χ3v) is 2.66. The van der Waals surface area contributed by atoms with Crippen LogP contribution in [0.3, 0.4) is 0 Å². The van der Waals surface area contributed by atoms with Gasteiger partial charge in [-0.15, -0.1) is 0 Å². The van der Waals surface area contributed by atoms with Gasteiger partial charge in [-0.1, -0.05) is 0 Å². The van der Waals surface area contributed by atoms with Gasteiger partial charge in [0.05, 0.1) is 13.2 Å². The first kappa shape index (κ1) is 9.32. The molecule has 0 spiro atoms. The van der Waals surface area contributed by atoms with Gasteiger partial charge in [-0.05, 0) is 0 Å². The van der Waals surface area contributed by atoms with E-state index in [4.69, 9.17) is 14.6 Å². The lowest BCUT2D eigenvalue weighted by molar-refractivity contribution is -0.227. The molecular formula is C7H12O6. The minimum atomic E-state index is -1.81. The predicted molar refractivity (Wildman–Crippen MR) is 38.7 cm³/mol. The van der Waals surface area contributed by atoms with Crippen molar-refractivity contribution in [2.45, 2.75) is 30.2 Å². The Morgan fingerprint density at radius 1 is 1.38 bits per heavy atom. The second kappa shape index (κ2) is 2.88. The quantitative estimate of drug-likeness (QED) is 0.358. The largest absolute Gasteiger partial charge is 0.394 e. The van der Waals surface area contributed by atoms with E-state index < -0.39 is 36.8 Å². The topological polar surface area (TPSA) is 99.4 Å². The first-order valence-corrected chi connectivity index (χ1v) is 4.07. The summed E-state index contributed by atoms with van der Waals surface area (Å²) in [5.41, 5.74) is -1.81. The Morgan fingerprint density at radius 2 is 2.08 bits per heavy atom. The summed E-state index contributed by atoms with van der Waals surface area (Å²) in [5, 5.41) is 37.6. The van der Waals surface area contributed by atoms with Crippen molar-refractivity contribution in [1.29, 1.82) is 0 Å². The van der Waals surface area contributed by atoms with Gasteiger partial charge in [0.1, 0.15) is 18.3 Å². The van der Waals surface area contributed by atoms with Gasteiger partial charge in [-0.2, -0.15) is 0 Å².